The van der Waals surface area contributed by atoms with Gasteiger partial charge >= 0.3 is 6.03 Å². The van der Waals surface area contributed by atoms with Crippen LogP contribution in [0.2, 0.25) is 0 Å². The summed E-state index contributed by atoms with van der Waals surface area (Å²) in [6.07, 6.45) is 3.48. The van der Waals surface area contributed by atoms with Gasteiger partial charge in [0, 0.05) is 25.4 Å². The van der Waals surface area contributed by atoms with Crippen molar-refractivity contribution in [1.82, 2.24) is 5.32 Å². The lowest BCUT2D eigenvalue weighted by Gasteiger charge is -2.13. The van der Waals surface area contributed by atoms with Gasteiger partial charge in [0.2, 0.25) is 0 Å². The van der Waals surface area contributed by atoms with Crippen LogP contribution in [0.3, 0.4) is 0 Å². The maximum atomic E-state index is 11.9. The Morgan fingerprint density at radius 3 is 2.52 bits per heavy atom. The molecule has 1 aromatic rings. The Hall–Kier alpha value is -1.55. The van der Waals surface area contributed by atoms with Crippen LogP contribution in [-0.2, 0) is 4.74 Å². The summed E-state index contributed by atoms with van der Waals surface area (Å²) in [6.45, 7) is 8.34. The van der Waals surface area contributed by atoms with E-state index < -0.39 is 0 Å². The Kier molecular flexibility index (Phi) is 5.62. The SMILES string of the molecule is Cc1cc(C)c(NC(=O)NCCCOCC2CC2)c(C)c1. The molecule has 4 nitrogen and oxygen atoms in total. The number of urea groups is 1. The Bertz CT molecular complexity index is 473. The van der Waals surface area contributed by atoms with Crippen LogP contribution in [0.5, 0.6) is 0 Å². The summed E-state index contributed by atoms with van der Waals surface area (Å²) in [7, 11) is 0. The van der Waals surface area contributed by atoms with E-state index in [0.29, 0.717) is 6.54 Å². The number of anilines is 1. The zero-order valence-electron chi connectivity index (χ0n) is 13.3. The molecular weight excluding hydrogens is 264 g/mol. The molecule has 4 heteroatoms. The van der Waals surface area contributed by atoms with Crippen molar-refractivity contribution in [3.8, 4) is 0 Å². The van der Waals surface area contributed by atoms with Crippen LogP contribution in [0.25, 0.3) is 0 Å². The van der Waals surface area contributed by atoms with E-state index in [4.69, 9.17) is 4.74 Å². The fourth-order valence-corrected chi connectivity index (χ4v) is 2.45. The molecule has 0 aliphatic heterocycles. The fourth-order valence-electron chi connectivity index (χ4n) is 2.45. The van der Waals surface area contributed by atoms with E-state index in [1.165, 1.54) is 18.4 Å². The second kappa shape index (κ2) is 7.46. The topological polar surface area (TPSA) is 50.4 Å². The first-order valence-electron chi connectivity index (χ1n) is 7.76. The van der Waals surface area contributed by atoms with Crippen molar-refractivity contribution >= 4 is 11.7 Å². The summed E-state index contributed by atoms with van der Waals surface area (Å²) in [5.41, 5.74) is 4.30. The second-order valence-electron chi connectivity index (χ2n) is 6.03. The molecule has 0 radical (unpaired) electrons. The summed E-state index contributed by atoms with van der Waals surface area (Å²) in [4.78, 5) is 11.9. The molecular formula is C17H26N2O2. The number of ether oxygens (including phenoxy) is 1. The van der Waals surface area contributed by atoms with Crippen LogP contribution in [-0.4, -0.2) is 25.8 Å². The van der Waals surface area contributed by atoms with Crippen molar-refractivity contribution in [2.75, 3.05) is 25.1 Å². The first-order valence-corrected chi connectivity index (χ1v) is 7.76. The van der Waals surface area contributed by atoms with E-state index in [2.05, 4.69) is 29.7 Å². The lowest BCUT2D eigenvalue weighted by Crippen LogP contribution is -2.30. The standard InChI is InChI=1S/C17H26N2O2/c1-12-9-13(2)16(14(3)10-12)19-17(20)18-7-4-8-21-11-15-5-6-15/h9-10,15H,4-8,11H2,1-3H3,(H2,18,19,20). The first kappa shape index (κ1) is 15.8. The molecule has 1 aromatic carbocycles. The van der Waals surface area contributed by atoms with Gasteiger partial charge in [-0.25, -0.2) is 4.79 Å². The summed E-state index contributed by atoms with van der Waals surface area (Å²) in [5, 5.41) is 5.81. The van der Waals surface area contributed by atoms with E-state index >= 15 is 0 Å². The number of carbonyl (C=O) groups is 1. The van der Waals surface area contributed by atoms with Gasteiger partial charge in [-0.2, -0.15) is 0 Å². The molecule has 0 bridgehead atoms. The highest BCUT2D eigenvalue weighted by Crippen LogP contribution is 2.28. The molecule has 0 aromatic heterocycles. The smallest absolute Gasteiger partial charge is 0.319 e. The minimum Gasteiger partial charge on any atom is -0.381 e. The zero-order chi connectivity index (χ0) is 15.2. The molecule has 116 valence electrons. The number of carbonyl (C=O) groups excluding carboxylic acids is 1. The molecule has 0 saturated heterocycles. The predicted molar refractivity (Wildman–Crippen MR) is 85.8 cm³/mol. The summed E-state index contributed by atoms with van der Waals surface area (Å²) >= 11 is 0. The Balaban J connectivity index is 1.66. The molecule has 2 amide bonds. The quantitative estimate of drug-likeness (QED) is 0.754. The molecule has 1 aliphatic carbocycles. The molecule has 1 saturated carbocycles. The highest BCUT2D eigenvalue weighted by molar-refractivity contribution is 5.91. The first-order chi connectivity index (χ1) is 10.1. The average molecular weight is 290 g/mol. The zero-order valence-corrected chi connectivity index (χ0v) is 13.3. The van der Waals surface area contributed by atoms with Crippen LogP contribution < -0.4 is 10.6 Å². The predicted octanol–water partition coefficient (Wildman–Crippen LogP) is 3.55. The van der Waals surface area contributed by atoms with Crippen molar-refractivity contribution in [2.45, 2.75) is 40.0 Å². The molecule has 0 unspecified atom stereocenters. The Labute approximate surface area is 127 Å². The summed E-state index contributed by atoms with van der Waals surface area (Å²) in [6, 6.07) is 4.01. The summed E-state index contributed by atoms with van der Waals surface area (Å²) in [5.74, 6) is 0.800. The monoisotopic (exact) mass is 290 g/mol. The largest absolute Gasteiger partial charge is 0.381 e. The van der Waals surface area contributed by atoms with Gasteiger partial charge in [0.25, 0.3) is 0 Å². The highest BCUT2D eigenvalue weighted by atomic mass is 16.5. The van der Waals surface area contributed by atoms with Gasteiger partial charge in [0.15, 0.2) is 0 Å². The van der Waals surface area contributed by atoms with E-state index in [0.717, 1.165) is 42.4 Å². The molecule has 0 heterocycles. The lowest BCUT2D eigenvalue weighted by molar-refractivity contribution is 0.122. The number of aryl methyl sites for hydroxylation is 3. The highest BCUT2D eigenvalue weighted by Gasteiger charge is 2.20. The molecule has 2 rings (SSSR count). The van der Waals surface area contributed by atoms with Gasteiger partial charge in [-0.15, -0.1) is 0 Å². The van der Waals surface area contributed by atoms with Crippen molar-refractivity contribution < 1.29 is 9.53 Å². The van der Waals surface area contributed by atoms with Crippen molar-refractivity contribution in [1.29, 1.82) is 0 Å². The third kappa shape index (κ3) is 5.38. The number of hydrogen-bond acceptors (Lipinski definition) is 2. The fraction of sp³-hybridized carbons (Fsp3) is 0.588. The molecule has 2 N–H and O–H groups in total. The van der Waals surface area contributed by atoms with Gasteiger partial charge in [-0.1, -0.05) is 17.7 Å². The van der Waals surface area contributed by atoms with Crippen LogP contribution in [0.1, 0.15) is 36.0 Å². The molecule has 0 spiro atoms. The number of nitrogens with one attached hydrogen (secondary N) is 2. The minimum absolute atomic E-state index is 0.146. The number of rotatable bonds is 7. The third-order valence-electron chi connectivity index (χ3n) is 3.72. The minimum atomic E-state index is -0.146. The van der Waals surface area contributed by atoms with Gasteiger partial charge in [0.1, 0.15) is 0 Å². The average Bonchev–Trinajstić information content (AvgIpc) is 3.22. The van der Waals surface area contributed by atoms with E-state index in [-0.39, 0.29) is 6.03 Å². The number of benzene rings is 1. The van der Waals surface area contributed by atoms with Crippen molar-refractivity contribution in [3.05, 3.63) is 28.8 Å². The third-order valence-corrected chi connectivity index (χ3v) is 3.72. The normalized spacial score (nSPS) is 14.0. The van der Waals surface area contributed by atoms with Crippen LogP contribution in [0.15, 0.2) is 12.1 Å². The summed E-state index contributed by atoms with van der Waals surface area (Å²) < 4.78 is 5.54. The van der Waals surface area contributed by atoms with Crippen LogP contribution >= 0.6 is 0 Å². The number of hydrogen-bond donors (Lipinski definition) is 2. The van der Waals surface area contributed by atoms with E-state index in [1.807, 2.05) is 13.8 Å². The lowest BCUT2D eigenvalue weighted by atomic mass is 10.1. The Morgan fingerprint density at radius 1 is 1.24 bits per heavy atom. The van der Waals surface area contributed by atoms with E-state index in [9.17, 15) is 4.79 Å². The van der Waals surface area contributed by atoms with Crippen molar-refractivity contribution in [3.63, 3.8) is 0 Å². The maximum Gasteiger partial charge on any atom is 0.319 e. The van der Waals surface area contributed by atoms with Gasteiger partial charge < -0.3 is 15.4 Å². The molecule has 1 fully saturated rings. The molecule has 21 heavy (non-hydrogen) atoms. The van der Waals surface area contributed by atoms with Crippen LogP contribution in [0, 0.1) is 26.7 Å². The van der Waals surface area contributed by atoms with Gasteiger partial charge in [-0.3, -0.25) is 0 Å². The second-order valence-corrected chi connectivity index (χ2v) is 6.03. The molecule has 0 atom stereocenters. The van der Waals surface area contributed by atoms with E-state index in [1.54, 1.807) is 0 Å². The van der Waals surface area contributed by atoms with Crippen LogP contribution in [0.4, 0.5) is 10.5 Å². The maximum absolute atomic E-state index is 11.9. The molecule has 1 aliphatic rings. The van der Waals surface area contributed by atoms with Gasteiger partial charge in [-0.05, 0) is 57.1 Å². The Morgan fingerprint density at radius 2 is 1.90 bits per heavy atom. The van der Waals surface area contributed by atoms with Crippen molar-refractivity contribution in [2.24, 2.45) is 5.92 Å². The number of amides is 2. The van der Waals surface area contributed by atoms with Gasteiger partial charge in [0.05, 0.1) is 0 Å².